The van der Waals surface area contributed by atoms with Crippen molar-refractivity contribution in [3.05, 3.63) is 11.3 Å². The lowest BCUT2D eigenvalue weighted by Gasteiger charge is -2.40. The van der Waals surface area contributed by atoms with Crippen molar-refractivity contribution < 1.29 is 4.74 Å². The second-order valence-corrected chi connectivity index (χ2v) is 6.90. The van der Waals surface area contributed by atoms with Crippen molar-refractivity contribution in [2.24, 2.45) is 15.0 Å². The van der Waals surface area contributed by atoms with Gasteiger partial charge >= 0.3 is 0 Å². The highest BCUT2D eigenvalue weighted by molar-refractivity contribution is 6.17. The summed E-state index contributed by atoms with van der Waals surface area (Å²) in [5.74, 6) is 2.95. The molecule has 0 spiro atoms. The molecule has 7 nitrogen and oxygen atoms in total. The number of guanidine groups is 2. The molecule has 0 saturated carbocycles. The number of allylic oxidation sites excluding steroid dienone is 1. The van der Waals surface area contributed by atoms with Crippen molar-refractivity contribution in [1.29, 1.82) is 0 Å². The fourth-order valence-corrected chi connectivity index (χ4v) is 4.14. The summed E-state index contributed by atoms with van der Waals surface area (Å²) >= 11 is 0. The molecule has 1 fully saturated rings. The summed E-state index contributed by atoms with van der Waals surface area (Å²) < 4.78 is 5.50. The Morgan fingerprint density at radius 3 is 2.58 bits per heavy atom. The van der Waals surface area contributed by atoms with E-state index in [-0.39, 0.29) is 0 Å². The van der Waals surface area contributed by atoms with Crippen molar-refractivity contribution in [2.75, 3.05) is 39.4 Å². The van der Waals surface area contributed by atoms with Crippen LogP contribution >= 0.6 is 0 Å². The molecule has 0 aromatic carbocycles. The Bertz CT molecular complexity index is 658. The van der Waals surface area contributed by atoms with Crippen LogP contribution in [0.5, 0.6) is 0 Å². The van der Waals surface area contributed by atoms with Crippen LogP contribution in [0.25, 0.3) is 0 Å². The predicted octanol–water partition coefficient (Wildman–Crippen LogP) is 1.60. The number of nitrogens with zero attached hydrogens (tertiary/aromatic N) is 6. The Labute approximate surface area is 142 Å². The second-order valence-electron chi connectivity index (χ2n) is 6.90. The van der Waals surface area contributed by atoms with Crippen LogP contribution in [-0.2, 0) is 4.74 Å². The number of rotatable bonds is 0. The van der Waals surface area contributed by atoms with Gasteiger partial charge in [-0.2, -0.15) is 10.0 Å². The minimum atomic E-state index is 0.773. The number of hydrazine groups is 1. The lowest BCUT2D eigenvalue weighted by atomic mass is 9.95. The Kier molecular flexibility index (Phi) is 3.54. The maximum absolute atomic E-state index is 5.50. The zero-order valence-corrected chi connectivity index (χ0v) is 14.1. The largest absolute Gasteiger partial charge is 0.378 e. The summed E-state index contributed by atoms with van der Waals surface area (Å²) in [6, 6.07) is 0. The van der Waals surface area contributed by atoms with Gasteiger partial charge in [-0.3, -0.25) is 4.99 Å². The van der Waals surface area contributed by atoms with Gasteiger partial charge in [0.1, 0.15) is 0 Å². The predicted molar refractivity (Wildman–Crippen MR) is 92.8 cm³/mol. The third kappa shape index (κ3) is 2.25. The van der Waals surface area contributed by atoms with Crippen LogP contribution in [0.15, 0.2) is 26.2 Å². The lowest BCUT2D eigenvalue weighted by molar-refractivity contribution is 0.0571. The number of hydrogen-bond acceptors (Lipinski definition) is 7. The molecule has 5 rings (SSSR count). The molecule has 5 aliphatic rings. The van der Waals surface area contributed by atoms with Crippen molar-refractivity contribution in [1.82, 2.24) is 14.9 Å². The highest BCUT2D eigenvalue weighted by atomic mass is 16.5. The highest BCUT2D eigenvalue weighted by Gasteiger charge is 2.42. The molecule has 4 aliphatic heterocycles. The van der Waals surface area contributed by atoms with Crippen LogP contribution < -0.4 is 0 Å². The van der Waals surface area contributed by atoms with Gasteiger partial charge in [-0.1, -0.05) is 12.8 Å². The molecule has 1 aliphatic carbocycles. The summed E-state index contributed by atoms with van der Waals surface area (Å²) in [7, 11) is 0. The molecular formula is C17H24N6O. The van der Waals surface area contributed by atoms with Gasteiger partial charge in [0, 0.05) is 18.7 Å². The van der Waals surface area contributed by atoms with Crippen LogP contribution in [0.2, 0.25) is 0 Å². The third-order valence-corrected chi connectivity index (χ3v) is 5.37. The van der Waals surface area contributed by atoms with Crippen molar-refractivity contribution >= 4 is 17.8 Å². The quantitative estimate of drug-likeness (QED) is 0.678. The normalized spacial score (nSPS) is 27.0. The first-order valence-electron chi connectivity index (χ1n) is 9.26. The van der Waals surface area contributed by atoms with Gasteiger partial charge in [0.05, 0.1) is 32.0 Å². The van der Waals surface area contributed by atoms with E-state index in [1.807, 2.05) is 0 Å². The average molecular weight is 328 g/mol. The molecular weight excluding hydrogens is 304 g/mol. The van der Waals surface area contributed by atoms with E-state index in [0.717, 1.165) is 70.0 Å². The molecule has 0 atom stereocenters. The Morgan fingerprint density at radius 1 is 0.875 bits per heavy atom. The van der Waals surface area contributed by atoms with Crippen molar-refractivity contribution in [3.63, 3.8) is 0 Å². The molecule has 0 unspecified atom stereocenters. The van der Waals surface area contributed by atoms with Gasteiger partial charge in [-0.25, -0.2) is 10.0 Å². The van der Waals surface area contributed by atoms with Crippen LogP contribution in [0, 0.1) is 0 Å². The number of ether oxygens (including phenoxy) is 1. The number of amidine groups is 1. The molecule has 0 amide bonds. The van der Waals surface area contributed by atoms with E-state index < -0.39 is 0 Å². The fourth-order valence-electron chi connectivity index (χ4n) is 4.14. The molecule has 128 valence electrons. The first-order chi connectivity index (χ1) is 11.9. The van der Waals surface area contributed by atoms with E-state index in [1.54, 1.807) is 0 Å². The lowest BCUT2D eigenvalue weighted by Crippen LogP contribution is -2.57. The number of hydrogen-bond donors (Lipinski definition) is 0. The van der Waals surface area contributed by atoms with Gasteiger partial charge < -0.3 is 9.64 Å². The summed E-state index contributed by atoms with van der Waals surface area (Å²) in [6.07, 6.45) is 7.27. The monoisotopic (exact) mass is 328 g/mol. The van der Waals surface area contributed by atoms with Crippen LogP contribution in [0.4, 0.5) is 0 Å². The summed E-state index contributed by atoms with van der Waals surface area (Å²) in [5.41, 5.74) is 2.59. The zero-order valence-electron chi connectivity index (χ0n) is 14.1. The Hall–Kier alpha value is -1.89. The third-order valence-electron chi connectivity index (χ3n) is 5.37. The Balaban J connectivity index is 1.53. The summed E-state index contributed by atoms with van der Waals surface area (Å²) in [6.45, 7) is 5.05. The molecule has 0 aromatic rings. The molecule has 4 heterocycles. The maximum Gasteiger partial charge on any atom is 0.254 e. The first kappa shape index (κ1) is 14.5. The SMILES string of the molecule is C1CCCC2=C(CC1)N=C1N=C(N3CCOCC3)N3CCN=C2N13. The average Bonchev–Trinajstić information content (AvgIpc) is 2.97. The van der Waals surface area contributed by atoms with Crippen LogP contribution in [0.1, 0.15) is 38.5 Å². The molecule has 7 heteroatoms. The van der Waals surface area contributed by atoms with E-state index in [4.69, 9.17) is 19.7 Å². The molecule has 1 saturated heterocycles. The van der Waals surface area contributed by atoms with E-state index in [2.05, 4.69) is 14.9 Å². The van der Waals surface area contributed by atoms with Gasteiger partial charge in [-0.15, -0.1) is 0 Å². The van der Waals surface area contributed by atoms with Crippen LogP contribution in [-0.4, -0.2) is 72.1 Å². The van der Waals surface area contributed by atoms with Gasteiger partial charge in [-0.05, 0) is 25.7 Å². The van der Waals surface area contributed by atoms with E-state index in [1.165, 1.54) is 37.0 Å². The zero-order chi connectivity index (χ0) is 15.9. The minimum absolute atomic E-state index is 0.773. The van der Waals surface area contributed by atoms with Gasteiger partial charge in [0.15, 0.2) is 5.84 Å². The number of aliphatic imine (C=N–C) groups is 3. The van der Waals surface area contributed by atoms with E-state index in [0.29, 0.717) is 0 Å². The topological polar surface area (TPSA) is 56.0 Å². The summed E-state index contributed by atoms with van der Waals surface area (Å²) in [5, 5.41) is 4.43. The fraction of sp³-hybridized carbons (Fsp3) is 0.706. The minimum Gasteiger partial charge on any atom is -0.378 e. The molecule has 0 aromatic heterocycles. The number of fused-ring (bicyclic) bond motifs is 1. The molecule has 0 radical (unpaired) electrons. The number of morpholine rings is 1. The highest BCUT2D eigenvalue weighted by Crippen LogP contribution is 2.34. The Morgan fingerprint density at radius 2 is 1.71 bits per heavy atom. The van der Waals surface area contributed by atoms with Gasteiger partial charge in [0.2, 0.25) is 5.96 Å². The van der Waals surface area contributed by atoms with Crippen molar-refractivity contribution in [2.45, 2.75) is 38.5 Å². The molecule has 0 N–H and O–H groups in total. The molecule has 0 bridgehead atoms. The van der Waals surface area contributed by atoms with Crippen LogP contribution in [0.3, 0.4) is 0 Å². The maximum atomic E-state index is 5.50. The van der Waals surface area contributed by atoms with Crippen molar-refractivity contribution in [3.8, 4) is 0 Å². The smallest absolute Gasteiger partial charge is 0.254 e. The molecule has 24 heavy (non-hydrogen) atoms. The van der Waals surface area contributed by atoms with E-state index >= 15 is 0 Å². The first-order valence-corrected chi connectivity index (χ1v) is 9.26. The standard InChI is InChI=1S/C17H24N6O/c1-2-4-6-14-13(5-3-1)15-18-7-8-22-17(20-16(19-14)23(15)22)21-9-11-24-12-10-21/h1-12H2. The van der Waals surface area contributed by atoms with Gasteiger partial charge in [0.25, 0.3) is 5.96 Å². The summed E-state index contributed by atoms with van der Waals surface area (Å²) in [4.78, 5) is 17.0. The van der Waals surface area contributed by atoms with E-state index in [9.17, 15) is 0 Å². The second kappa shape index (κ2) is 5.88.